The van der Waals surface area contributed by atoms with Crippen molar-refractivity contribution in [1.82, 2.24) is 4.90 Å². The summed E-state index contributed by atoms with van der Waals surface area (Å²) in [5.74, 6) is 0. The molecule has 0 saturated carbocycles. The molecule has 5 heteroatoms. The molecule has 30 heavy (non-hydrogen) atoms. The fraction of sp³-hybridized carbons (Fsp3) is 0.400. The summed E-state index contributed by atoms with van der Waals surface area (Å²) < 4.78 is 17.7. The number of nitrogens with zero attached hydrogens (tertiary/aromatic N) is 1. The van der Waals surface area contributed by atoms with Crippen molar-refractivity contribution in [3.8, 4) is 0 Å². The highest BCUT2D eigenvalue weighted by Gasteiger charge is 2.43. The van der Waals surface area contributed by atoms with Gasteiger partial charge >= 0.3 is 6.09 Å². The van der Waals surface area contributed by atoms with E-state index < -0.39 is 11.1 Å². The van der Waals surface area contributed by atoms with Crippen LogP contribution in [0.1, 0.15) is 31.9 Å². The highest BCUT2D eigenvalue weighted by atomic mass is 16.6. The van der Waals surface area contributed by atoms with E-state index in [1.807, 2.05) is 93.6 Å². The summed E-state index contributed by atoms with van der Waals surface area (Å²) in [6.07, 6.45) is 3.62. The van der Waals surface area contributed by atoms with Crippen LogP contribution in [0, 0.1) is 0 Å². The van der Waals surface area contributed by atoms with Crippen molar-refractivity contribution in [3.05, 3.63) is 83.9 Å². The van der Waals surface area contributed by atoms with Crippen molar-refractivity contribution in [2.75, 3.05) is 19.8 Å². The predicted octanol–water partition coefficient (Wildman–Crippen LogP) is 4.97. The van der Waals surface area contributed by atoms with E-state index in [9.17, 15) is 4.79 Å². The third-order valence-electron chi connectivity index (χ3n) is 4.79. The summed E-state index contributed by atoms with van der Waals surface area (Å²) in [6.45, 7) is 7.67. The van der Waals surface area contributed by atoms with Gasteiger partial charge in [0.25, 0.3) is 0 Å². The SMILES string of the molecule is CC(C)(C)OC(=O)N1CC=CC1(COCc1ccccc1)COCc1ccccc1. The maximum atomic E-state index is 12.9. The van der Waals surface area contributed by atoms with Crippen LogP contribution in [-0.2, 0) is 27.4 Å². The van der Waals surface area contributed by atoms with Crippen LogP contribution in [0.15, 0.2) is 72.8 Å². The summed E-state index contributed by atoms with van der Waals surface area (Å²) in [7, 11) is 0. The second kappa shape index (κ2) is 9.92. The van der Waals surface area contributed by atoms with E-state index in [0.717, 1.165) is 11.1 Å². The Morgan fingerprint density at radius 3 is 1.87 bits per heavy atom. The van der Waals surface area contributed by atoms with Crippen LogP contribution in [0.25, 0.3) is 0 Å². The number of benzene rings is 2. The second-order valence-corrected chi connectivity index (χ2v) is 8.55. The van der Waals surface area contributed by atoms with E-state index in [-0.39, 0.29) is 6.09 Å². The van der Waals surface area contributed by atoms with E-state index in [1.165, 1.54) is 0 Å². The number of rotatable bonds is 8. The van der Waals surface area contributed by atoms with Gasteiger partial charge in [-0.3, -0.25) is 4.90 Å². The van der Waals surface area contributed by atoms with Crippen molar-refractivity contribution >= 4 is 6.09 Å². The monoisotopic (exact) mass is 409 g/mol. The third kappa shape index (κ3) is 6.18. The largest absolute Gasteiger partial charge is 0.444 e. The van der Waals surface area contributed by atoms with Gasteiger partial charge in [0.2, 0.25) is 0 Å². The minimum atomic E-state index is -0.702. The van der Waals surface area contributed by atoms with Gasteiger partial charge in [-0.1, -0.05) is 72.8 Å². The van der Waals surface area contributed by atoms with Gasteiger partial charge in [-0.25, -0.2) is 4.79 Å². The van der Waals surface area contributed by atoms with Gasteiger partial charge in [0, 0.05) is 6.54 Å². The zero-order valence-corrected chi connectivity index (χ0v) is 18.0. The molecule has 0 bridgehead atoms. The van der Waals surface area contributed by atoms with Crippen LogP contribution in [0.2, 0.25) is 0 Å². The van der Waals surface area contributed by atoms with Crippen LogP contribution in [0.4, 0.5) is 4.79 Å². The van der Waals surface area contributed by atoms with E-state index in [4.69, 9.17) is 14.2 Å². The molecule has 160 valence electrons. The lowest BCUT2D eigenvalue weighted by Crippen LogP contribution is -2.55. The Morgan fingerprint density at radius 1 is 0.900 bits per heavy atom. The van der Waals surface area contributed by atoms with Crippen molar-refractivity contribution < 1.29 is 19.0 Å². The summed E-state index contributed by atoms with van der Waals surface area (Å²) >= 11 is 0. The molecular weight excluding hydrogens is 378 g/mol. The van der Waals surface area contributed by atoms with Crippen LogP contribution in [0.5, 0.6) is 0 Å². The molecule has 0 aromatic heterocycles. The molecule has 0 fully saturated rings. The number of hydrogen-bond acceptors (Lipinski definition) is 4. The molecule has 1 aliphatic heterocycles. The molecule has 1 aliphatic rings. The molecule has 2 aromatic carbocycles. The Morgan fingerprint density at radius 2 is 1.40 bits per heavy atom. The van der Waals surface area contributed by atoms with Gasteiger partial charge in [-0.2, -0.15) is 0 Å². The number of amides is 1. The lowest BCUT2D eigenvalue weighted by molar-refractivity contribution is -0.0459. The summed E-state index contributed by atoms with van der Waals surface area (Å²) in [6, 6.07) is 20.0. The molecule has 0 saturated heterocycles. The molecule has 5 nitrogen and oxygen atoms in total. The Labute approximate surface area is 179 Å². The first-order valence-electron chi connectivity index (χ1n) is 10.3. The molecule has 0 atom stereocenters. The van der Waals surface area contributed by atoms with Crippen molar-refractivity contribution in [2.45, 2.75) is 45.1 Å². The van der Waals surface area contributed by atoms with Gasteiger partial charge in [0.1, 0.15) is 11.1 Å². The Balaban J connectivity index is 1.69. The van der Waals surface area contributed by atoms with Crippen LogP contribution >= 0.6 is 0 Å². The number of carbonyl (C=O) groups is 1. The van der Waals surface area contributed by atoms with Crippen molar-refractivity contribution in [3.63, 3.8) is 0 Å². The first-order valence-corrected chi connectivity index (χ1v) is 10.3. The molecule has 0 aliphatic carbocycles. The molecule has 0 radical (unpaired) electrons. The quantitative estimate of drug-likeness (QED) is 0.578. The zero-order valence-electron chi connectivity index (χ0n) is 18.0. The molecule has 0 spiro atoms. The highest BCUT2D eigenvalue weighted by Crippen LogP contribution is 2.28. The fourth-order valence-corrected chi connectivity index (χ4v) is 3.36. The van der Waals surface area contributed by atoms with E-state index in [0.29, 0.717) is 33.0 Å². The average molecular weight is 410 g/mol. The van der Waals surface area contributed by atoms with Crippen LogP contribution in [0.3, 0.4) is 0 Å². The number of ether oxygens (including phenoxy) is 3. The second-order valence-electron chi connectivity index (χ2n) is 8.55. The van der Waals surface area contributed by atoms with Crippen molar-refractivity contribution in [2.24, 2.45) is 0 Å². The average Bonchev–Trinajstić information content (AvgIpc) is 3.12. The van der Waals surface area contributed by atoms with Crippen LogP contribution in [-0.4, -0.2) is 41.9 Å². The standard InChI is InChI=1S/C25H31NO4/c1-24(2,3)30-23(27)26-16-10-15-25(26,19-28-17-21-11-6-4-7-12-21)20-29-18-22-13-8-5-9-14-22/h4-15H,16-20H2,1-3H3. The number of hydrogen-bond donors (Lipinski definition) is 0. The van der Waals surface area contributed by atoms with Gasteiger partial charge in [-0.15, -0.1) is 0 Å². The lowest BCUT2D eigenvalue weighted by atomic mass is 10.0. The van der Waals surface area contributed by atoms with Gasteiger partial charge in [-0.05, 0) is 31.9 Å². The van der Waals surface area contributed by atoms with E-state index >= 15 is 0 Å². The molecule has 0 unspecified atom stereocenters. The maximum Gasteiger partial charge on any atom is 0.411 e. The Hall–Kier alpha value is -2.63. The minimum absolute atomic E-state index is 0.326. The molecule has 0 N–H and O–H groups in total. The Kier molecular flexibility index (Phi) is 7.29. The summed E-state index contributed by atoms with van der Waals surface area (Å²) in [4.78, 5) is 14.6. The summed E-state index contributed by atoms with van der Waals surface area (Å²) in [5.41, 5.74) is 0.903. The fourth-order valence-electron chi connectivity index (χ4n) is 3.36. The molecular formula is C25H31NO4. The van der Waals surface area contributed by atoms with Gasteiger partial charge in [0.05, 0.1) is 26.4 Å². The topological polar surface area (TPSA) is 48.0 Å². The highest BCUT2D eigenvalue weighted by molar-refractivity contribution is 5.71. The van der Waals surface area contributed by atoms with E-state index in [1.54, 1.807) is 4.90 Å². The molecule has 3 rings (SSSR count). The normalized spacial score (nSPS) is 15.4. The summed E-state index contributed by atoms with van der Waals surface area (Å²) in [5, 5.41) is 0. The molecule has 1 heterocycles. The van der Waals surface area contributed by atoms with Gasteiger partial charge in [0.15, 0.2) is 0 Å². The maximum absolute atomic E-state index is 12.9. The minimum Gasteiger partial charge on any atom is -0.444 e. The number of carbonyl (C=O) groups excluding carboxylic acids is 1. The van der Waals surface area contributed by atoms with Crippen molar-refractivity contribution in [1.29, 1.82) is 0 Å². The third-order valence-corrected chi connectivity index (χ3v) is 4.79. The zero-order chi connectivity index (χ0) is 21.5. The van der Waals surface area contributed by atoms with E-state index in [2.05, 4.69) is 0 Å². The Bertz CT molecular complexity index is 782. The lowest BCUT2D eigenvalue weighted by Gasteiger charge is -2.38. The molecule has 2 aromatic rings. The molecule has 1 amide bonds. The first kappa shape index (κ1) is 22.1. The van der Waals surface area contributed by atoms with Gasteiger partial charge < -0.3 is 14.2 Å². The predicted molar refractivity (Wildman–Crippen MR) is 117 cm³/mol. The van der Waals surface area contributed by atoms with Crippen LogP contribution < -0.4 is 0 Å². The smallest absolute Gasteiger partial charge is 0.411 e. The first-order chi connectivity index (χ1) is 14.4.